The summed E-state index contributed by atoms with van der Waals surface area (Å²) in [5, 5.41) is 30.1. The fraction of sp³-hybridized carbons (Fsp3) is 0.318. The first kappa shape index (κ1) is 19.0. The molecular formula is C22H22N4O3. The minimum Gasteiger partial charge on any atom is -0.458 e. The summed E-state index contributed by atoms with van der Waals surface area (Å²) in [5.74, 6) is -0.415. The van der Waals surface area contributed by atoms with Crippen LogP contribution in [0.5, 0.6) is 0 Å². The summed E-state index contributed by atoms with van der Waals surface area (Å²) in [6.45, 7) is 5.41. The molecule has 1 aliphatic heterocycles. The minimum absolute atomic E-state index is 0.0728. The number of aliphatic hydroxyl groups is 1. The van der Waals surface area contributed by atoms with Gasteiger partial charge < -0.3 is 15.2 Å². The molecule has 7 nitrogen and oxygen atoms in total. The summed E-state index contributed by atoms with van der Waals surface area (Å²) in [4.78, 5) is 13.4. The lowest BCUT2D eigenvalue weighted by Gasteiger charge is -2.31. The van der Waals surface area contributed by atoms with Crippen molar-refractivity contribution in [1.29, 1.82) is 5.26 Å². The average Bonchev–Trinajstić information content (AvgIpc) is 3.27. The summed E-state index contributed by atoms with van der Waals surface area (Å²) in [6, 6.07) is 12.9. The first-order chi connectivity index (χ1) is 13.8. The standard InChI is InChI=1S/C22H22N4O3/c1-21(2,3)29-20(28)22(10-15-8-14(12-27)5-7-17(15)24-22)19-16-6-4-13(11-23)9-18(16)25-26-19/h4-9,24,27H,10,12H2,1-3H3,(H,25,26). The smallest absolute Gasteiger partial charge is 0.339 e. The normalized spacial score (nSPS) is 18.2. The highest BCUT2D eigenvalue weighted by molar-refractivity contribution is 5.95. The molecule has 148 valence electrons. The molecule has 0 fully saturated rings. The topological polar surface area (TPSA) is 111 Å². The number of aliphatic hydroxyl groups excluding tert-OH is 1. The summed E-state index contributed by atoms with van der Waals surface area (Å²) in [7, 11) is 0. The molecule has 29 heavy (non-hydrogen) atoms. The Balaban J connectivity index is 1.87. The second-order valence-electron chi connectivity index (χ2n) is 8.30. The predicted molar refractivity (Wildman–Crippen MR) is 108 cm³/mol. The fourth-order valence-corrected chi connectivity index (χ4v) is 3.72. The second kappa shape index (κ2) is 6.61. The maximum atomic E-state index is 13.4. The molecule has 0 saturated heterocycles. The van der Waals surface area contributed by atoms with E-state index in [9.17, 15) is 9.90 Å². The Hall–Kier alpha value is -3.37. The molecule has 2 heterocycles. The Labute approximate surface area is 168 Å². The van der Waals surface area contributed by atoms with Gasteiger partial charge in [0, 0.05) is 17.5 Å². The van der Waals surface area contributed by atoms with Crippen molar-refractivity contribution in [3.05, 3.63) is 58.8 Å². The molecule has 0 radical (unpaired) electrons. The lowest BCUT2D eigenvalue weighted by atomic mass is 9.88. The van der Waals surface area contributed by atoms with Gasteiger partial charge in [-0.25, -0.2) is 4.79 Å². The molecule has 1 unspecified atom stereocenters. The van der Waals surface area contributed by atoms with Crippen LogP contribution in [0.3, 0.4) is 0 Å². The SMILES string of the molecule is CC(C)(C)OC(=O)C1(c2[nH]nc3cc(C#N)ccc23)Cc2cc(CO)ccc2N1. The number of hydrogen-bond acceptors (Lipinski definition) is 6. The first-order valence-corrected chi connectivity index (χ1v) is 9.39. The van der Waals surface area contributed by atoms with E-state index in [0.717, 1.165) is 22.2 Å². The minimum atomic E-state index is -1.19. The van der Waals surface area contributed by atoms with Crippen LogP contribution in [0.1, 0.15) is 43.2 Å². The van der Waals surface area contributed by atoms with Gasteiger partial charge in [-0.1, -0.05) is 12.1 Å². The van der Waals surface area contributed by atoms with E-state index < -0.39 is 17.1 Å². The van der Waals surface area contributed by atoms with Crippen LogP contribution >= 0.6 is 0 Å². The first-order valence-electron chi connectivity index (χ1n) is 9.39. The number of nitrogens with one attached hydrogen (secondary N) is 2. The molecule has 3 aromatic rings. The molecule has 0 saturated carbocycles. The highest BCUT2D eigenvalue weighted by Gasteiger charge is 2.50. The van der Waals surface area contributed by atoms with E-state index in [0.29, 0.717) is 23.2 Å². The molecule has 2 aromatic carbocycles. The van der Waals surface area contributed by atoms with Gasteiger partial charge >= 0.3 is 5.97 Å². The number of rotatable bonds is 3. The van der Waals surface area contributed by atoms with E-state index in [1.54, 1.807) is 18.2 Å². The van der Waals surface area contributed by atoms with E-state index >= 15 is 0 Å². The largest absolute Gasteiger partial charge is 0.458 e. The number of aromatic amines is 1. The molecule has 4 rings (SSSR count). The number of fused-ring (bicyclic) bond motifs is 2. The van der Waals surface area contributed by atoms with Crippen LogP contribution in [0, 0.1) is 11.3 Å². The van der Waals surface area contributed by atoms with Crippen molar-refractivity contribution in [2.24, 2.45) is 0 Å². The summed E-state index contributed by atoms with van der Waals surface area (Å²) < 4.78 is 5.78. The van der Waals surface area contributed by atoms with Crippen molar-refractivity contribution >= 4 is 22.6 Å². The van der Waals surface area contributed by atoms with E-state index in [1.165, 1.54) is 0 Å². The van der Waals surface area contributed by atoms with Gasteiger partial charge in [-0.15, -0.1) is 0 Å². The number of esters is 1. The maximum absolute atomic E-state index is 13.4. The van der Waals surface area contributed by atoms with Gasteiger partial charge in [0.05, 0.1) is 29.5 Å². The van der Waals surface area contributed by atoms with E-state index in [2.05, 4.69) is 21.6 Å². The third-order valence-corrected chi connectivity index (χ3v) is 5.01. The Morgan fingerprint density at radius 2 is 2.10 bits per heavy atom. The third-order valence-electron chi connectivity index (χ3n) is 5.01. The van der Waals surface area contributed by atoms with Gasteiger partial charge in [-0.3, -0.25) is 5.10 Å². The van der Waals surface area contributed by atoms with Crippen LogP contribution in [0.15, 0.2) is 36.4 Å². The van der Waals surface area contributed by atoms with Gasteiger partial charge in [0.2, 0.25) is 0 Å². The van der Waals surface area contributed by atoms with E-state index in [-0.39, 0.29) is 6.61 Å². The fourth-order valence-electron chi connectivity index (χ4n) is 3.72. The van der Waals surface area contributed by atoms with Crippen LogP contribution in [-0.2, 0) is 28.1 Å². The number of carbonyl (C=O) groups is 1. The quantitative estimate of drug-likeness (QED) is 0.593. The van der Waals surface area contributed by atoms with Gasteiger partial charge in [0.25, 0.3) is 0 Å². The van der Waals surface area contributed by atoms with Crippen LogP contribution < -0.4 is 5.32 Å². The van der Waals surface area contributed by atoms with Crippen molar-refractivity contribution in [3.8, 4) is 6.07 Å². The molecule has 3 N–H and O–H groups in total. The van der Waals surface area contributed by atoms with Crippen LogP contribution in [0.25, 0.3) is 10.9 Å². The van der Waals surface area contributed by atoms with Crippen LogP contribution in [-0.4, -0.2) is 26.9 Å². The number of nitrogens with zero attached hydrogens (tertiary/aromatic N) is 2. The van der Waals surface area contributed by atoms with Crippen molar-refractivity contribution in [1.82, 2.24) is 10.2 Å². The Kier molecular flexibility index (Phi) is 4.32. The number of aromatic nitrogens is 2. The zero-order valence-electron chi connectivity index (χ0n) is 16.5. The number of hydrogen-bond donors (Lipinski definition) is 3. The molecule has 7 heteroatoms. The van der Waals surface area contributed by atoms with Gasteiger partial charge in [0.15, 0.2) is 5.54 Å². The number of benzene rings is 2. The van der Waals surface area contributed by atoms with Gasteiger partial charge in [-0.2, -0.15) is 10.4 Å². The molecular weight excluding hydrogens is 368 g/mol. The third kappa shape index (κ3) is 3.22. The highest BCUT2D eigenvalue weighted by Crippen LogP contribution is 2.43. The summed E-state index contributed by atoms with van der Waals surface area (Å²) >= 11 is 0. The van der Waals surface area contributed by atoms with Crippen molar-refractivity contribution < 1.29 is 14.6 Å². The summed E-state index contributed by atoms with van der Waals surface area (Å²) in [5.41, 5.74) is 2.34. The number of nitriles is 1. The average molecular weight is 390 g/mol. The predicted octanol–water partition coefficient (Wildman–Crippen LogP) is 3.13. The summed E-state index contributed by atoms with van der Waals surface area (Å²) in [6.07, 6.45) is 0.350. The molecule has 0 amide bonds. The van der Waals surface area contributed by atoms with Crippen LogP contribution in [0.2, 0.25) is 0 Å². The molecule has 0 aliphatic carbocycles. The lowest BCUT2D eigenvalue weighted by molar-refractivity contribution is -0.160. The number of ether oxygens (including phenoxy) is 1. The van der Waals surface area contributed by atoms with E-state index in [1.807, 2.05) is 39.0 Å². The molecule has 1 atom stereocenters. The Morgan fingerprint density at radius 1 is 1.31 bits per heavy atom. The number of H-pyrrole nitrogens is 1. The van der Waals surface area contributed by atoms with Gasteiger partial charge in [0.1, 0.15) is 5.60 Å². The molecule has 1 aromatic heterocycles. The highest BCUT2D eigenvalue weighted by atomic mass is 16.6. The zero-order chi connectivity index (χ0) is 20.8. The maximum Gasteiger partial charge on any atom is 0.339 e. The Bertz CT molecular complexity index is 1150. The molecule has 0 spiro atoms. The van der Waals surface area contributed by atoms with Gasteiger partial charge in [-0.05, 0) is 56.2 Å². The monoisotopic (exact) mass is 390 g/mol. The number of anilines is 1. The molecule has 1 aliphatic rings. The number of carbonyl (C=O) groups excluding carboxylic acids is 1. The van der Waals surface area contributed by atoms with Crippen molar-refractivity contribution in [2.75, 3.05) is 5.32 Å². The van der Waals surface area contributed by atoms with E-state index in [4.69, 9.17) is 10.00 Å². The lowest BCUT2D eigenvalue weighted by Crippen LogP contribution is -2.46. The van der Waals surface area contributed by atoms with Crippen molar-refractivity contribution in [2.45, 2.75) is 44.9 Å². The Morgan fingerprint density at radius 3 is 2.79 bits per heavy atom. The zero-order valence-corrected chi connectivity index (χ0v) is 16.5. The second-order valence-corrected chi connectivity index (χ2v) is 8.30. The molecule has 0 bridgehead atoms. The van der Waals surface area contributed by atoms with Crippen molar-refractivity contribution in [3.63, 3.8) is 0 Å². The van der Waals surface area contributed by atoms with Crippen LogP contribution in [0.4, 0.5) is 5.69 Å².